The molecule has 2 unspecified atom stereocenters. The molecule has 2 aromatic carbocycles. The van der Waals surface area contributed by atoms with Gasteiger partial charge in [-0.2, -0.15) is 10.5 Å². The Hall–Kier alpha value is -2.23. The van der Waals surface area contributed by atoms with Crippen molar-refractivity contribution in [2.45, 2.75) is 81.6 Å². The Balaban J connectivity index is 1.92. The Morgan fingerprint density at radius 3 is 1.29 bits per heavy atom. The van der Waals surface area contributed by atoms with Gasteiger partial charge in [-0.1, -0.05) is 60.7 Å². The Bertz CT molecular complexity index is 1020. The van der Waals surface area contributed by atoms with Gasteiger partial charge in [-0.15, -0.1) is 0 Å². The van der Waals surface area contributed by atoms with Gasteiger partial charge in [0, 0.05) is 11.8 Å². The molecule has 0 N–H and O–H groups in total. The Morgan fingerprint density at radius 1 is 0.657 bits per heavy atom. The summed E-state index contributed by atoms with van der Waals surface area (Å²) in [5.74, 6) is 0.0731. The molecule has 0 aliphatic heterocycles. The molecule has 2 aliphatic carbocycles. The van der Waals surface area contributed by atoms with Crippen LogP contribution in [0.4, 0.5) is 0 Å². The van der Waals surface area contributed by atoms with Crippen LogP contribution in [0, 0.1) is 34.5 Å². The third-order valence-corrected chi connectivity index (χ3v) is 9.49. The van der Waals surface area contributed by atoms with E-state index in [-0.39, 0.29) is 23.7 Å². The Kier molecular flexibility index (Phi) is 6.90. The summed E-state index contributed by atoms with van der Waals surface area (Å²) in [6.45, 7) is 13.0. The van der Waals surface area contributed by atoms with E-state index in [1.807, 2.05) is 12.1 Å². The van der Waals surface area contributed by atoms with Crippen molar-refractivity contribution in [2.75, 3.05) is 0 Å². The van der Waals surface area contributed by atoms with Gasteiger partial charge in [-0.25, -0.2) is 0 Å². The molecule has 4 rings (SSSR count). The lowest BCUT2D eigenvalue weighted by molar-refractivity contribution is -0.109. The van der Waals surface area contributed by atoms with E-state index in [1.54, 1.807) is 0 Å². The first-order valence-corrected chi connectivity index (χ1v) is 19.6. The topological polar surface area (TPSA) is 66.0 Å². The minimum Gasteiger partial charge on any atom is -0.400 e. The van der Waals surface area contributed by atoms with Crippen LogP contribution in [0.5, 0.6) is 0 Å². The van der Waals surface area contributed by atoms with Gasteiger partial charge in [0.05, 0.1) is 12.1 Å². The minimum atomic E-state index is -2.05. The summed E-state index contributed by atoms with van der Waals surface area (Å²) in [6, 6.07) is 26.3. The minimum absolute atomic E-state index is 0.0123. The van der Waals surface area contributed by atoms with Crippen LogP contribution in [-0.2, 0) is 8.85 Å². The molecule has 6 heteroatoms. The average Bonchev–Trinajstić information content (AvgIpc) is 2.81. The van der Waals surface area contributed by atoms with Crippen LogP contribution in [0.1, 0.15) is 42.2 Å². The molecule has 2 aromatic rings. The molecule has 0 amide bonds. The zero-order chi connectivity index (χ0) is 25.5. The largest absolute Gasteiger partial charge is 0.400 e. The first-order chi connectivity index (χ1) is 16.4. The van der Waals surface area contributed by atoms with E-state index >= 15 is 0 Å². The molecule has 35 heavy (non-hydrogen) atoms. The lowest BCUT2D eigenvalue weighted by Gasteiger charge is -2.59. The number of fused-ring (bicyclic) bond motifs is 2. The number of rotatable bonds is 6. The predicted molar refractivity (Wildman–Crippen MR) is 145 cm³/mol. The number of hydrogen-bond donors (Lipinski definition) is 0. The summed E-state index contributed by atoms with van der Waals surface area (Å²) in [5, 5.41) is 21.6. The summed E-state index contributed by atoms with van der Waals surface area (Å²) < 4.78 is 13.7. The maximum Gasteiger partial charge on any atom is 0.185 e. The van der Waals surface area contributed by atoms with E-state index in [0.717, 1.165) is 6.42 Å². The molecular formula is C29H38N2O2Si2. The molecule has 0 aromatic heterocycles. The van der Waals surface area contributed by atoms with E-state index in [0.29, 0.717) is 12.8 Å². The number of nitrogens with zero attached hydrogens (tertiary/aromatic N) is 2. The Morgan fingerprint density at radius 2 is 1.00 bits per heavy atom. The van der Waals surface area contributed by atoms with Crippen LogP contribution in [0.3, 0.4) is 0 Å². The molecular weight excluding hydrogens is 465 g/mol. The van der Waals surface area contributed by atoms with Crippen molar-refractivity contribution in [3.8, 4) is 12.1 Å². The van der Waals surface area contributed by atoms with Crippen LogP contribution < -0.4 is 0 Å². The highest BCUT2D eigenvalue weighted by molar-refractivity contribution is 6.70. The lowest BCUT2D eigenvalue weighted by atomic mass is 9.50. The molecule has 0 heterocycles. The zero-order valence-corrected chi connectivity index (χ0v) is 23.9. The molecule has 2 aliphatic rings. The Labute approximate surface area is 213 Å². The van der Waals surface area contributed by atoms with Gasteiger partial charge in [-0.3, -0.25) is 0 Å². The summed E-state index contributed by atoms with van der Waals surface area (Å²) in [4.78, 5) is 0. The highest BCUT2D eigenvalue weighted by Crippen LogP contribution is 2.62. The second kappa shape index (κ2) is 9.34. The molecule has 184 valence electrons. The van der Waals surface area contributed by atoms with Crippen LogP contribution in [0.15, 0.2) is 60.7 Å². The highest BCUT2D eigenvalue weighted by atomic mass is 28.4. The van der Waals surface area contributed by atoms with Crippen molar-refractivity contribution >= 4 is 16.6 Å². The van der Waals surface area contributed by atoms with Crippen LogP contribution in [-0.4, -0.2) is 27.8 Å². The van der Waals surface area contributed by atoms with Crippen LogP contribution >= 0.6 is 0 Å². The van der Waals surface area contributed by atoms with Crippen molar-refractivity contribution in [3.05, 3.63) is 71.8 Å². The molecule has 6 atom stereocenters. The van der Waals surface area contributed by atoms with Crippen molar-refractivity contribution in [1.82, 2.24) is 0 Å². The van der Waals surface area contributed by atoms with Gasteiger partial charge in [0.2, 0.25) is 0 Å². The van der Waals surface area contributed by atoms with Crippen molar-refractivity contribution in [2.24, 2.45) is 11.8 Å². The van der Waals surface area contributed by atoms with Crippen molar-refractivity contribution in [3.63, 3.8) is 0 Å². The van der Waals surface area contributed by atoms with E-state index < -0.39 is 27.8 Å². The van der Waals surface area contributed by atoms with Gasteiger partial charge in [0.1, 0.15) is 11.2 Å². The fourth-order valence-corrected chi connectivity index (χ4v) is 9.35. The van der Waals surface area contributed by atoms with E-state index in [9.17, 15) is 10.5 Å². The van der Waals surface area contributed by atoms with Gasteiger partial charge in [0.15, 0.2) is 16.6 Å². The summed E-state index contributed by atoms with van der Waals surface area (Å²) in [6.07, 6.45) is 1.93. The third-order valence-electron chi connectivity index (χ3n) is 7.53. The van der Waals surface area contributed by atoms with Crippen molar-refractivity contribution in [1.29, 1.82) is 10.5 Å². The molecule has 2 saturated carbocycles. The molecule has 2 bridgehead atoms. The third kappa shape index (κ3) is 5.18. The second-order valence-corrected chi connectivity index (χ2v) is 21.2. The quantitative estimate of drug-likeness (QED) is 0.391. The first kappa shape index (κ1) is 25.9. The fourth-order valence-electron chi connectivity index (χ4n) is 6.60. The first-order valence-electron chi connectivity index (χ1n) is 12.7. The molecule has 0 radical (unpaired) electrons. The van der Waals surface area contributed by atoms with Gasteiger partial charge in [0.25, 0.3) is 0 Å². The monoisotopic (exact) mass is 502 g/mol. The normalized spacial score (nSPS) is 32.9. The zero-order valence-electron chi connectivity index (χ0n) is 21.9. The summed E-state index contributed by atoms with van der Waals surface area (Å²) >= 11 is 0. The smallest absolute Gasteiger partial charge is 0.185 e. The molecule has 4 nitrogen and oxygen atoms in total. The maximum absolute atomic E-state index is 10.8. The molecule has 2 fully saturated rings. The lowest BCUT2D eigenvalue weighted by Crippen LogP contribution is -2.63. The van der Waals surface area contributed by atoms with E-state index in [4.69, 9.17) is 8.85 Å². The second-order valence-electron chi connectivity index (χ2n) is 12.3. The van der Waals surface area contributed by atoms with Crippen LogP contribution in [0.2, 0.25) is 39.3 Å². The van der Waals surface area contributed by atoms with Gasteiger partial charge in [-0.05, 0) is 81.5 Å². The number of benzene rings is 2. The number of nitriles is 2. The predicted octanol–water partition coefficient (Wildman–Crippen LogP) is 7.21. The van der Waals surface area contributed by atoms with E-state index in [2.05, 4.69) is 100.0 Å². The van der Waals surface area contributed by atoms with Crippen LogP contribution in [0.25, 0.3) is 0 Å². The number of hydrogen-bond acceptors (Lipinski definition) is 4. The summed E-state index contributed by atoms with van der Waals surface area (Å²) in [5.41, 5.74) is 0.573. The highest BCUT2D eigenvalue weighted by Gasteiger charge is 2.63. The van der Waals surface area contributed by atoms with E-state index in [1.165, 1.54) is 11.1 Å². The van der Waals surface area contributed by atoms with Gasteiger partial charge >= 0.3 is 0 Å². The molecule has 0 saturated heterocycles. The van der Waals surface area contributed by atoms with Crippen molar-refractivity contribution < 1.29 is 8.85 Å². The SMILES string of the molecule is C[Si](C)(C)OC1(C#N)C[C@H](c2ccccc2)[C@@H]2C[C@H]1[C@@H](c1ccccc1)CC2(C#N)O[Si](C)(C)C. The average molecular weight is 503 g/mol. The standard InChI is InChI=1S/C29H38N2O2Si2/c1-34(2,3)32-28(20-30)18-24(22-13-9-7-10-14-22)27-17-26(28)25(23-15-11-8-12-16-23)19-29(27,21-31)33-35(4,5)6/h7-16,24-27H,17-19H2,1-6H3/t24-,25-,26+,27+,28?,29?/m1/s1. The molecule has 0 spiro atoms. The summed E-state index contributed by atoms with van der Waals surface area (Å²) in [7, 11) is -4.10. The fraction of sp³-hybridized carbons (Fsp3) is 0.517. The maximum atomic E-state index is 10.8. The van der Waals surface area contributed by atoms with Gasteiger partial charge < -0.3 is 8.85 Å².